The quantitative estimate of drug-likeness (QED) is 0.395. The van der Waals surface area contributed by atoms with E-state index in [9.17, 15) is 27.9 Å². The molecule has 1 fully saturated rings. The van der Waals surface area contributed by atoms with Gasteiger partial charge in [-0.15, -0.1) is 0 Å². The molecule has 204 valence electrons. The summed E-state index contributed by atoms with van der Waals surface area (Å²) in [5, 5.41) is 12.4. The molecular formula is C24H32F3N5O4S. The first-order chi connectivity index (χ1) is 17.4. The number of amides is 1. The van der Waals surface area contributed by atoms with E-state index in [-0.39, 0.29) is 35.4 Å². The molecule has 2 aromatic rings. The lowest BCUT2D eigenvalue weighted by molar-refractivity contribution is -0.144. The Hall–Kier alpha value is -3.09. The molecule has 0 radical (unpaired) electrons. The predicted octanol–water partition coefficient (Wildman–Crippen LogP) is 5.57. The second-order valence-electron chi connectivity index (χ2n) is 9.55. The number of ether oxygens (including phenoxy) is 1. The van der Waals surface area contributed by atoms with Crippen LogP contribution in [0.1, 0.15) is 57.3 Å². The molecule has 0 bridgehead atoms. The third-order valence-corrected chi connectivity index (χ3v) is 6.89. The van der Waals surface area contributed by atoms with Gasteiger partial charge in [0.05, 0.1) is 24.9 Å². The van der Waals surface area contributed by atoms with Crippen LogP contribution in [-0.4, -0.2) is 64.2 Å². The van der Waals surface area contributed by atoms with Gasteiger partial charge in [-0.3, -0.25) is 4.79 Å². The summed E-state index contributed by atoms with van der Waals surface area (Å²) in [6, 6.07) is 5.65. The normalized spacial score (nSPS) is 15.5. The highest BCUT2D eigenvalue weighted by atomic mass is 32.1. The molecule has 2 N–H and O–H groups in total. The van der Waals surface area contributed by atoms with Gasteiger partial charge in [0.25, 0.3) is 0 Å². The number of anilines is 3. The van der Waals surface area contributed by atoms with E-state index in [1.165, 1.54) is 12.0 Å². The Morgan fingerprint density at radius 3 is 2.49 bits per heavy atom. The van der Waals surface area contributed by atoms with Gasteiger partial charge in [0.2, 0.25) is 11.0 Å². The Morgan fingerprint density at radius 2 is 1.95 bits per heavy atom. The second kappa shape index (κ2) is 12.0. The summed E-state index contributed by atoms with van der Waals surface area (Å²) in [7, 11) is 1.32. The number of nitrogens with one attached hydrogen (secondary N) is 1. The Morgan fingerprint density at radius 1 is 1.27 bits per heavy atom. The maximum Gasteiger partial charge on any atom is 0.452 e. The van der Waals surface area contributed by atoms with Crippen molar-refractivity contribution in [2.45, 2.75) is 58.2 Å². The lowest BCUT2D eigenvalue weighted by Gasteiger charge is -2.40. The van der Waals surface area contributed by atoms with Gasteiger partial charge < -0.3 is 25.0 Å². The minimum Gasteiger partial charge on any atom is -0.469 e. The molecule has 3 rings (SSSR count). The number of alkyl halides is 3. The summed E-state index contributed by atoms with van der Waals surface area (Å²) in [4.78, 5) is 30.4. The number of hydrogen-bond donors (Lipinski definition) is 2. The van der Waals surface area contributed by atoms with E-state index in [0.717, 1.165) is 11.3 Å². The Labute approximate surface area is 217 Å². The van der Waals surface area contributed by atoms with Gasteiger partial charge >= 0.3 is 18.2 Å². The first kappa shape index (κ1) is 28.5. The Kier molecular flexibility index (Phi) is 9.21. The second-order valence-corrected chi connectivity index (χ2v) is 10.3. The summed E-state index contributed by atoms with van der Waals surface area (Å²) in [6.07, 6.45) is -4.21. The van der Waals surface area contributed by atoms with Crippen molar-refractivity contribution in [3.63, 3.8) is 0 Å². The van der Waals surface area contributed by atoms with Gasteiger partial charge in [0.1, 0.15) is 0 Å². The number of carbonyl (C=O) groups is 2. The SMILES string of the molecule is COC(=O)CC(C)c1ccc(N(CC(C)C)C2CCN(C(=O)O)CC2)c(Nc2nc(C(F)(F)F)ns2)c1. The van der Waals surface area contributed by atoms with E-state index in [1.807, 2.05) is 25.1 Å². The molecule has 0 spiro atoms. The smallest absolute Gasteiger partial charge is 0.452 e. The fraction of sp³-hybridized carbons (Fsp3) is 0.583. The zero-order chi connectivity index (χ0) is 27.3. The molecule has 1 aliphatic heterocycles. The average molecular weight is 544 g/mol. The number of benzene rings is 1. The van der Waals surface area contributed by atoms with Crippen LogP contribution in [0.3, 0.4) is 0 Å². The highest BCUT2D eigenvalue weighted by Crippen LogP contribution is 2.37. The van der Waals surface area contributed by atoms with Gasteiger partial charge in [0, 0.05) is 37.2 Å². The average Bonchev–Trinajstić information content (AvgIpc) is 3.31. The number of likely N-dealkylation sites (tertiary alicyclic amines) is 1. The molecule has 1 unspecified atom stereocenters. The first-order valence-corrected chi connectivity index (χ1v) is 12.8. The molecule has 1 atom stereocenters. The van der Waals surface area contributed by atoms with Crippen LogP contribution in [0.5, 0.6) is 0 Å². The van der Waals surface area contributed by atoms with Crippen molar-refractivity contribution in [1.29, 1.82) is 0 Å². The third-order valence-electron chi connectivity index (χ3n) is 6.26. The fourth-order valence-electron chi connectivity index (χ4n) is 4.37. The summed E-state index contributed by atoms with van der Waals surface area (Å²) < 4.78 is 47.5. The zero-order valence-electron chi connectivity index (χ0n) is 21.2. The van der Waals surface area contributed by atoms with Gasteiger partial charge in [-0.25, -0.2) is 4.79 Å². The summed E-state index contributed by atoms with van der Waals surface area (Å²) in [6.45, 7) is 7.47. The van der Waals surface area contributed by atoms with Crippen molar-refractivity contribution in [2.24, 2.45) is 5.92 Å². The molecule has 9 nitrogen and oxygen atoms in total. The minimum absolute atomic E-state index is 0.00320. The van der Waals surface area contributed by atoms with Crippen LogP contribution >= 0.6 is 11.5 Å². The molecule has 37 heavy (non-hydrogen) atoms. The van der Waals surface area contributed by atoms with Crippen molar-refractivity contribution in [3.05, 3.63) is 29.6 Å². The van der Waals surface area contributed by atoms with E-state index < -0.39 is 18.1 Å². The molecule has 1 aromatic heterocycles. The van der Waals surface area contributed by atoms with Crippen LogP contribution in [0, 0.1) is 5.92 Å². The Balaban J connectivity index is 1.99. The number of carboxylic acid groups (broad SMARTS) is 1. The van der Waals surface area contributed by atoms with E-state index in [2.05, 4.69) is 33.4 Å². The highest BCUT2D eigenvalue weighted by molar-refractivity contribution is 7.09. The molecule has 13 heteroatoms. The monoisotopic (exact) mass is 543 g/mol. The lowest BCUT2D eigenvalue weighted by atomic mass is 9.95. The molecule has 0 saturated carbocycles. The number of esters is 1. The highest BCUT2D eigenvalue weighted by Gasteiger charge is 2.36. The first-order valence-electron chi connectivity index (χ1n) is 12.0. The van der Waals surface area contributed by atoms with Crippen LogP contribution in [0.4, 0.5) is 34.5 Å². The van der Waals surface area contributed by atoms with E-state index in [0.29, 0.717) is 49.7 Å². The third kappa shape index (κ3) is 7.46. The van der Waals surface area contributed by atoms with Gasteiger partial charge in [-0.05, 0) is 42.4 Å². The van der Waals surface area contributed by atoms with Crippen molar-refractivity contribution in [1.82, 2.24) is 14.3 Å². The summed E-state index contributed by atoms with van der Waals surface area (Å²) in [5.74, 6) is -1.50. The largest absolute Gasteiger partial charge is 0.469 e. The molecule has 1 aliphatic rings. The van der Waals surface area contributed by atoms with E-state index in [4.69, 9.17) is 4.74 Å². The standard InChI is InChI=1S/C24H32F3N5O4S/c1-14(2)13-32(17-7-9-31(10-8-17)23(34)35)19-6-5-16(15(3)11-20(33)36-4)12-18(19)28-22-29-21(30-37-22)24(25,26)27/h5-6,12,14-15,17H,7-11,13H2,1-4H3,(H,34,35)(H,28,29,30). The molecule has 1 amide bonds. The number of carbonyl (C=O) groups excluding carboxylic acids is 1. The molecule has 0 aliphatic carbocycles. The van der Waals surface area contributed by atoms with Gasteiger partial charge in [-0.2, -0.15) is 22.5 Å². The van der Waals surface area contributed by atoms with Gasteiger partial charge in [0.15, 0.2) is 0 Å². The number of aromatic nitrogens is 2. The lowest BCUT2D eigenvalue weighted by Crippen LogP contribution is -2.47. The van der Waals surface area contributed by atoms with Crippen LogP contribution in [0.2, 0.25) is 0 Å². The van der Waals surface area contributed by atoms with Crippen LogP contribution in [0.25, 0.3) is 0 Å². The topological polar surface area (TPSA) is 108 Å². The van der Waals surface area contributed by atoms with E-state index in [1.54, 1.807) is 0 Å². The number of halogens is 3. The van der Waals surface area contributed by atoms with Crippen molar-refractivity contribution < 1.29 is 32.6 Å². The maximum atomic E-state index is 13.1. The molecule has 1 saturated heterocycles. The van der Waals surface area contributed by atoms with Crippen molar-refractivity contribution >= 4 is 40.1 Å². The van der Waals surface area contributed by atoms with Crippen molar-refractivity contribution in [2.75, 3.05) is 37.0 Å². The van der Waals surface area contributed by atoms with Crippen molar-refractivity contribution in [3.8, 4) is 0 Å². The van der Waals surface area contributed by atoms with Crippen LogP contribution < -0.4 is 10.2 Å². The number of hydrogen-bond acceptors (Lipinski definition) is 8. The predicted molar refractivity (Wildman–Crippen MR) is 134 cm³/mol. The molecule has 1 aromatic carbocycles. The summed E-state index contributed by atoms with van der Waals surface area (Å²) in [5.41, 5.74) is 2.11. The maximum absolute atomic E-state index is 13.1. The Bertz CT molecular complexity index is 1090. The number of methoxy groups -OCH3 is 1. The fourth-order valence-corrected chi connectivity index (χ4v) is 4.97. The minimum atomic E-state index is -4.65. The number of piperidine rings is 1. The molecule has 2 heterocycles. The number of rotatable bonds is 9. The molecular weight excluding hydrogens is 511 g/mol. The van der Waals surface area contributed by atoms with E-state index >= 15 is 0 Å². The zero-order valence-corrected chi connectivity index (χ0v) is 22.0. The van der Waals surface area contributed by atoms with Crippen LogP contribution in [-0.2, 0) is 15.7 Å². The van der Waals surface area contributed by atoms with Gasteiger partial charge in [-0.1, -0.05) is 26.8 Å². The van der Waals surface area contributed by atoms with Crippen LogP contribution in [0.15, 0.2) is 18.2 Å². The number of nitrogens with zero attached hydrogens (tertiary/aromatic N) is 4. The summed E-state index contributed by atoms with van der Waals surface area (Å²) >= 11 is 0.616.